The van der Waals surface area contributed by atoms with Crippen LogP contribution in [-0.4, -0.2) is 47.0 Å². The summed E-state index contributed by atoms with van der Waals surface area (Å²) in [5.74, 6) is -3.10. The maximum Gasteiger partial charge on any atom is 0.328 e. The minimum absolute atomic E-state index is 0.0187. The number of benzene rings is 2. The van der Waals surface area contributed by atoms with E-state index in [2.05, 4.69) is 0 Å². The standard InChI is InChI=1S/C27H28F5N3O2/c1-15-8-18-11-17(19(12-33)13-34-26(30)31)5-6-20(18)25(35(15)14-27(2,3)32)24-21(28)9-16(10-22(24)29)4-7-23(36)37/h4-7,9-13,15,25-26,33-34H,8,14H2,1-3H3,(H,36,37)/b7-4+,19-13+,33-12?. The highest BCUT2D eigenvalue weighted by Crippen LogP contribution is 2.42. The fraction of sp³-hybridized carbons (Fsp3) is 0.333. The van der Waals surface area contributed by atoms with Gasteiger partial charge in [-0.3, -0.25) is 4.90 Å². The van der Waals surface area contributed by atoms with Crippen molar-refractivity contribution >= 4 is 23.8 Å². The predicted octanol–water partition coefficient (Wildman–Crippen LogP) is 5.95. The third kappa shape index (κ3) is 6.82. The Morgan fingerprint density at radius 2 is 1.89 bits per heavy atom. The fourth-order valence-electron chi connectivity index (χ4n) is 4.59. The molecule has 2 aromatic carbocycles. The molecular weight excluding hydrogens is 493 g/mol. The number of allylic oxidation sites excluding steroid dienone is 1. The van der Waals surface area contributed by atoms with Crippen molar-refractivity contribution in [1.82, 2.24) is 10.2 Å². The number of carbonyl (C=O) groups is 1. The number of aliphatic carboxylic acids is 1. The molecule has 3 rings (SSSR count). The normalized spacial score (nSPS) is 18.8. The molecule has 5 nitrogen and oxygen atoms in total. The Kier molecular flexibility index (Phi) is 8.53. The van der Waals surface area contributed by atoms with E-state index in [0.717, 1.165) is 36.7 Å². The van der Waals surface area contributed by atoms with Crippen molar-refractivity contribution in [3.05, 3.63) is 82.1 Å². The molecule has 0 aromatic heterocycles. The number of fused-ring (bicyclic) bond motifs is 1. The first kappa shape index (κ1) is 28.0. The Hall–Kier alpha value is -3.53. The molecule has 2 aromatic rings. The molecule has 2 atom stereocenters. The third-order valence-corrected chi connectivity index (χ3v) is 6.06. The number of rotatable bonds is 9. The van der Waals surface area contributed by atoms with Crippen LogP contribution in [0.3, 0.4) is 0 Å². The Morgan fingerprint density at radius 1 is 1.24 bits per heavy atom. The molecule has 3 N–H and O–H groups in total. The molecule has 0 radical (unpaired) electrons. The third-order valence-electron chi connectivity index (χ3n) is 6.06. The maximum atomic E-state index is 15.4. The summed E-state index contributed by atoms with van der Waals surface area (Å²) in [5, 5.41) is 18.3. The van der Waals surface area contributed by atoms with Crippen molar-refractivity contribution < 1.29 is 31.9 Å². The lowest BCUT2D eigenvalue weighted by Gasteiger charge is -2.44. The number of hydrogen-bond donors (Lipinski definition) is 3. The first-order valence-electron chi connectivity index (χ1n) is 11.5. The molecule has 198 valence electrons. The smallest absolute Gasteiger partial charge is 0.328 e. The van der Waals surface area contributed by atoms with Gasteiger partial charge in [-0.25, -0.2) is 18.0 Å². The van der Waals surface area contributed by atoms with E-state index in [0.29, 0.717) is 23.1 Å². The van der Waals surface area contributed by atoms with E-state index < -0.39 is 35.9 Å². The highest BCUT2D eigenvalue weighted by atomic mass is 19.3. The van der Waals surface area contributed by atoms with Gasteiger partial charge in [0.15, 0.2) is 0 Å². The molecular formula is C27H28F5N3O2. The molecule has 1 heterocycles. The number of carboxylic acids is 1. The first-order valence-corrected chi connectivity index (χ1v) is 11.5. The zero-order valence-corrected chi connectivity index (χ0v) is 20.5. The zero-order chi connectivity index (χ0) is 27.5. The van der Waals surface area contributed by atoms with E-state index in [9.17, 15) is 18.0 Å². The Bertz CT molecular complexity index is 1210. The monoisotopic (exact) mass is 521 g/mol. The van der Waals surface area contributed by atoms with Crippen LogP contribution in [0.25, 0.3) is 11.6 Å². The molecule has 0 spiro atoms. The molecule has 0 amide bonds. The van der Waals surface area contributed by atoms with E-state index in [-0.39, 0.29) is 29.3 Å². The van der Waals surface area contributed by atoms with Gasteiger partial charge < -0.3 is 15.8 Å². The van der Waals surface area contributed by atoms with Crippen LogP contribution in [-0.2, 0) is 11.2 Å². The summed E-state index contributed by atoms with van der Waals surface area (Å²) in [6.07, 6.45) is 4.17. The minimum Gasteiger partial charge on any atom is -0.478 e. The lowest BCUT2D eigenvalue weighted by atomic mass is 9.82. The molecule has 1 aliphatic heterocycles. The molecule has 0 fully saturated rings. The van der Waals surface area contributed by atoms with Crippen LogP contribution in [0.15, 0.2) is 42.6 Å². The first-order chi connectivity index (χ1) is 17.3. The van der Waals surface area contributed by atoms with E-state index >= 15 is 8.78 Å². The van der Waals surface area contributed by atoms with Gasteiger partial charge >= 0.3 is 12.5 Å². The van der Waals surface area contributed by atoms with Crippen molar-refractivity contribution in [2.45, 2.75) is 51.5 Å². The predicted molar refractivity (Wildman–Crippen MR) is 132 cm³/mol. The molecule has 1 aliphatic rings. The van der Waals surface area contributed by atoms with Crippen LogP contribution in [0.4, 0.5) is 22.0 Å². The van der Waals surface area contributed by atoms with Gasteiger partial charge in [-0.2, -0.15) is 8.78 Å². The van der Waals surface area contributed by atoms with Crippen LogP contribution in [0, 0.1) is 17.0 Å². The van der Waals surface area contributed by atoms with E-state index in [1.807, 2.05) is 5.32 Å². The summed E-state index contributed by atoms with van der Waals surface area (Å²) in [4.78, 5) is 12.5. The number of alkyl halides is 3. The summed E-state index contributed by atoms with van der Waals surface area (Å²) >= 11 is 0. The van der Waals surface area contributed by atoms with Crippen LogP contribution >= 0.6 is 0 Å². The summed E-state index contributed by atoms with van der Waals surface area (Å²) in [5.41, 5.74) is -0.123. The molecule has 37 heavy (non-hydrogen) atoms. The number of nitrogens with one attached hydrogen (secondary N) is 2. The van der Waals surface area contributed by atoms with Crippen LogP contribution < -0.4 is 5.32 Å². The van der Waals surface area contributed by atoms with E-state index in [1.165, 1.54) is 13.8 Å². The van der Waals surface area contributed by atoms with Gasteiger partial charge in [-0.05, 0) is 67.7 Å². The van der Waals surface area contributed by atoms with Crippen LogP contribution in [0.5, 0.6) is 0 Å². The van der Waals surface area contributed by atoms with Crippen molar-refractivity contribution in [1.29, 1.82) is 5.41 Å². The van der Waals surface area contributed by atoms with Gasteiger partial charge in [0.2, 0.25) is 0 Å². The van der Waals surface area contributed by atoms with Gasteiger partial charge in [0.1, 0.15) is 17.3 Å². The quantitative estimate of drug-likeness (QED) is 0.165. The molecule has 2 unspecified atom stereocenters. The highest BCUT2D eigenvalue weighted by molar-refractivity contribution is 6.08. The topological polar surface area (TPSA) is 76.4 Å². The Morgan fingerprint density at radius 3 is 2.43 bits per heavy atom. The van der Waals surface area contributed by atoms with Gasteiger partial charge in [-0.15, -0.1) is 0 Å². The van der Waals surface area contributed by atoms with Gasteiger partial charge in [-0.1, -0.05) is 18.2 Å². The molecule has 0 saturated heterocycles. The minimum atomic E-state index is -2.81. The highest BCUT2D eigenvalue weighted by Gasteiger charge is 2.39. The fourth-order valence-corrected chi connectivity index (χ4v) is 4.59. The van der Waals surface area contributed by atoms with Crippen molar-refractivity contribution in [2.24, 2.45) is 0 Å². The maximum absolute atomic E-state index is 15.4. The van der Waals surface area contributed by atoms with Gasteiger partial charge in [0.25, 0.3) is 0 Å². The second kappa shape index (κ2) is 11.2. The number of hydrogen-bond acceptors (Lipinski definition) is 4. The van der Waals surface area contributed by atoms with Crippen molar-refractivity contribution in [2.75, 3.05) is 6.54 Å². The summed E-state index contributed by atoms with van der Waals surface area (Å²) in [6, 6.07) is 5.54. The SMILES string of the molecule is CC1Cc2cc(/C(C=N)=C/NC(F)F)ccc2C(c2c(F)cc(/C=C/C(=O)O)cc2F)N1CC(C)(C)F. The van der Waals surface area contributed by atoms with Gasteiger partial charge in [0.05, 0.1) is 6.04 Å². The molecule has 10 heteroatoms. The zero-order valence-electron chi connectivity index (χ0n) is 20.5. The van der Waals surface area contributed by atoms with Crippen LogP contribution in [0.2, 0.25) is 0 Å². The summed E-state index contributed by atoms with van der Waals surface area (Å²) < 4.78 is 70.9. The average molecular weight is 522 g/mol. The lowest BCUT2D eigenvalue weighted by molar-refractivity contribution is -0.131. The van der Waals surface area contributed by atoms with Crippen molar-refractivity contribution in [3.8, 4) is 0 Å². The number of nitrogens with zero attached hydrogens (tertiary/aromatic N) is 1. The summed E-state index contributed by atoms with van der Waals surface area (Å²) in [6.45, 7) is 1.62. The lowest BCUT2D eigenvalue weighted by Crippen LogP contribution is -2.48. The second-order valence-electron chi connectivity index (χ2n) is 9.54. The average Bonchev–Trinajstić information content (AvgIpc) is 2.78. The number of carboxylic acid groups (broad SMARTS) is 1. The summed E-state index contributed by atoms with van der Waals surface area (Å²) in [7, 11) is 0. The van der Waals surface area contributed by atoms with Gasteiger partial charge in [0, 0.05) is 42.2 Å². The van der Waals surface area contributed by atoms with Crippen molar-refractivity contribution in [3.63, 3.8) is 0 Å². The molecule has 0 bridgehead atoms. The largest absolute Gasteiger partial charge is 0.478 e. The molecule has 0 saturated carbocycles. The van der Waals surface area contributed by atoms with E-state index in [1.54, 1.807) is 30.0 Å². The second-order valence-corrected chi connectivity index (χ2v) is 9.54. The Balaban J connectivity index is 2.17. The van der Waals surface area contributed by atoms with Crippen LogP contribution in [0.1, 0.15) is 54.6 Å². The number of halogens is 5. The Labute approximate surface area is 211 Å². The molecule has 0 aliphatic carbocycles. The van der Waals surface area contributed by atoms with E-state index in [4.69, 9.17) is 10.5 Å².